The van der Waals surface area contributed by atoms with Gasteiger partial charge in [0.1, 0.15) is 28.9 Å². The van der Waals surface area contributed by atoms with Gasteiger partial charge in [-0.05, 0) is 51.4 Å². The minimum Gasteiger partial charge on any atom is -0.383 e. The van der Waals surface area contributed by atoms with E-state index >= 15 is 0 Å². The summed E-state index contributed by atoms with van der Waals surface area (Å²) in [5.74, 6) is 3.22. The van der Waals surface area contributed by atoms with E-state index in [-0.39, 0.29) is 24.0 Å². The lowest BCUT2D eigenvalue weighted by Crippen LogP contribution is -2.46. The second-order valence-electron chi connectivity index (χ2n) is 10.0. The minimum atomic E-state index is -0.469. The zero-order chi connectivity index (χ0) is 28.2. The SMILES string of the molecule is C#CCCNc1cc(NC(=O)N2CCCc3cc(CN(C)C(=O)C4(N(C)C)CC4)c(C=O)nc32)ncc1C#N. The maximum atomic E-state index is 13.3. The quantitative estimate of drug-likeness (QED) is 0.288. The number of hydrogen-bond acceptors (Lipinski definition) is 8. The number of aldehydes is 1. The van der Waals surface area contributed by atoms with E-state index in [1.165, 1.54) is 11.1 Å². The monoisotopic (exact) mass is 528 g/mol. The van der Waals surface area contributed by atoms with Gasteiger partial charge in [0, 0.05) is 50.9 Å². The van der Waals surface area contributed by atoms with Gasteiger partial charge in [0.05, 0.1) is 11.3 Å². The molecule has 3 amide bonds. The molecule has 0 unspecified atom stereocenters. The Labute approximate surface area is 228 Å². The molecule has 2 aromatic rings. The molecule has 2 aliphatic rings. The number of fused-ring (bicyclic) bond motifs is 1. The number of nitrogens with zero attached hydrogens (tertiary/aromatic N) is 6. The van der Waals surface area contributed by atoms with Gasteiger partial charge < -0.3 is 10.2 Å². The number of carbonyl (C=O) groups excluding carboxylic acids is 3. The third-order valence-corrected chi connectivity index (χ3v) is 7.21. The number of carbonyl (C=O) groups is 3. The van der Waals surface area contributed by atoms with Gasteiger partial charge >= 0.3 is 6.03 Å². The molecule has 39 heavy (non-hydrogen) atoms. The Kier molecular flexibility index (Phi) is 8.12. The van der Waals surface area contributed by atoms with Crippen LogP contribution < -0.4 is 15.5 Å². The van der Waals surface area contributed by atoms with Gasteiger partial charge in [-0.1, -0.05) is 0 Å². The van der Waals surface area contributed by atoms with Crippen LogP contribution in [-0.4, -0.2) is 77.8 Å². The largest absolute Gasteiger partial charge is 0.383 e. The molecule has 0 atom stereocenters. The highest BCUT2D eigenvalue weighted by atomic mass is 16.2. The topological polar surface area (TPSA) is 135 Å². The highest BCUT2D eigenvalue weighted by Gasteiger charge is 2.53. The number of hydrogen-bond donors (Lipinski definition) is 2. The Hall–Kier alpha value is -4.48. The minimum absolute atomic E-state index is 0.0196. The zero-order valence-corrected chi connectivity index (χ0v) is 22.5. The lowest BCUT2D eigenvalue weighted by molar-refractivity contribution is -0.136. The Morgan fingerprint density at radius 1 is 1.28 bits per heavy atom. The number of rotatable bonds is 9. The molecule has 1 aliphatic carbocycles. The first-order valence-electron chi connectivity index (χ1n) is 12.8. The Balaban J connectivity index is 1.53. The molecule has 0 bridgehead atoms. The Morgan fingerprint density at radius 2 is 2.05 bits per heavy atom. The fraction of sp³-hybridized carbons (Fsp3) is 0.429. The van der Waals surface area contributed by atoms with Crippen molar-refractivity contribution in [2.75, 3.05) is 49.8 Å². The summed E-state index contributed by atoms with van der Waals surface area (Å²) >= 11 is 0. The van der Waals surface area contributed by atoms with Crippen molar-refractivity contribution >= 4 is 35.5 Å². The van der Waals surface area contributed by atoms with Crippen molar-refractivity contribution in [2.24, 2.45) is 0 Å². The highest BCUT2D eigenvalue weighted by molar-refractivity contribution is 6.02. The molecule has 0 saturated heterocycles. The fourth-order valence-corrected chi connectivity index (χ4v) is 4.84. The van der Waals surface area contributed by atoms with Crippen LogP contribution in [0.25, 0.3) is 0 Å². The Morgan fingerprint density at radius 3 is 2.69 bits per heavy atom. The lowest BCUT2D eigenvalue weighted by Gasteiger charge is -2.31. The molecule has 0 spiro atoms. The van der Waals surface area contributed by atoms with Crippen molar-refractivity contribution in [3.63, 3.8) is 0 Å². The summed E-state index contributed by atoms with van der Waals surface area (Å²) in [7, 11) is 5.54. The van der Waals surface area contributed by atoms with Crippen LogP contribution in [-0.2, 0) is 17.8 Å². The van der Waals surface area contributed by atoms with Crippen molar-refractivity contribution in [1.29, 1.82) is 5.26 Å². The zero-order valence-electron chi connectivity index (χ0n) is 22.5. The van der Waals surface area contributed by atoms with Gasteiger partial charge in [0.25, 0.3) is 0 Å². The van der Waals surface area contributed by atoms with Crippen LogP contribution in [0.15, 0.2) is 18.3 Å². The van der Waals surface area contributed by atoms with Crippen molar-refractivity contribution < 1.29 is 14.4 Å². The number of amides is 3. The van der Waals surface area contributed by atoms with Crippen molar-refractivity contribution in [3.05, 3.63) is 40.7 Å². The number of aryl methyl sites for hydroxylation is 1. The molecule has 3 heterocycles. The predicted octanol–water partition coefficient (Wildman–Crippen LogP) is 2.63. The number of nitriles is 1. The third kappa shape index (κ3) is 5.69. The van der Waals surface area contributed by atoms with E-state index in [0.29, 0.717) is 61.3 Å². The van der Waals surface area contributed by atoms with Crippen LogP contribution in [0.5, 0.6) is 0 Å². The summed E-state index contributed by atoms with van der Waals surface area (Å²) in [6.45, 7) is 1.14. The maximum absolute atomic E-state index is 13.3. The molecular weight excluding hydrogens is 496 g/mol. The molecular formula is C28H32N8O3. The summed E-state index contributed by atoms with van der Waals surface area (Å²) in [4.78, 5) is 52.2. The summed E-state index contributed by atoms with van der Waals surface area (Å²) in [6.07, 6.45) is 10.8. The summed E-state index contributed by atoms with van der Waals surface area (Å²) in [5, 5.41) is 15.2. The van der Waals surface area contributed by atoms with Crippen LogP contribution in [0.3, 0.4) is 0 Å². The van der Waals surface area contributed by atoms with Gasteiger partial charge in [-0.3, -0.25) is 24.7 Å². The summed E-state index contributed by atoms with van der Waals surface area (Å²) in [5.41, 5.74) is 2.05. The van der Waals surface area contributed by atoms with Crippen LogP contribution in [0.2, 0.25) is 0 Å². The molecule has 11 heteroatoms. The van der Waals surface area contributed by atoms with E-state index in [1.807, 2.05) is 25.1 Å². The first kappa shape index (κ1) is 27.6. The first-order chi connectivity index (χ1) is 18.7. The summed E-state index contributed by atoms with van der Waals surface area (Å²) in [6, 6.07) is 5.07. The molecule has 4 rings (SSSR count). The van der Waals surface area contributed by atoms with Gasteiger partial charge in [-0.15, -0.1) is 12.3 Å². The first-order valence-corrected chi connectivity index (χ1v) is 12.8. The third-order valence-electron chi connectivity index (χ3n) is 7.21. The second-order valence-corrected chi connectivity index (χ2v) is 10.0. The van der Waals surface area contributed by atoms with E-state index < -0.39 is 11.6 Å². The van der Waals surface area contributed by atoms with Crippen molar-refractivity contribution in [1.82, 2.24) is 19.8 Å². The number of aromatic nitrogens is 2. The molecule has 1 fully saturated rings. The molecule has 11 nitrogen and oxygen atoms in total. The van der Waals surface area contributed by atoms with Gasteiger partial charge in [-0.25, -0.2) is 14.8 Å². The standard InChI is InChI=1S/C28H32N8O3/c1-5-6-11-30-22-14-24(31-16-21(22)15-29)33-27(39)36-12-7-8-19-13-20(23(18-37)32-25(19)36)17-35(4)26(38)28(9-10-28)34(2)3/h1,13-14,16,18H,6-12,17H2,2-4H3,(H2,30,31,33,39). The molecule has 2 aromatic heterocycles. The van der Waals surface area contributed by atoms with Gasteiger partial charge in [0.15, 0.2) is 6.29 Å². The van der Waals surface area contributed by atoms with E-state index in [0.717, 1.165) is 18.4 Å². The van der Waals surface area contributed by atoms with E-state index in [9.17, 15) is 19.6 Å². The maximum Gasteiger partial charge on any atom is 0.328 e. The van der Waals surface area contributed by atoms with Crippen LogP contribution in [0.1, 0.15) is 52.9 Å². The molecule has 0 aromatic carbocycles. The molecule has 1 saturated carbocycles. The number of anilines is 3. The van der Waals surface area contributed by atoms with Crippen LogP contribution in [0, 0.1) is 23.7 Å². The van der Waals surface area contributed by atoms with E-state index in [4.69, 9.17) is 6.42 Å². The fourth-order valence-electron chi connectivity index (χ4n) is 4.84. The number of likely N-dealkylation sites (N-methyl/N-ethyl adjacent to an activating group) is 2. The molecule has 2 N–H and O–H groups in total. The van der Waals surface area contributed by atoms with Crippen LogP contribution >= 0.6 is 0 Å². The normalized spacial score (nSPS) is 15.0. The molecule has 1 aliphatic heterocycles. The lowest BCUT2D eigenvalue weighted by atomic mass is 10.0. The van der Waals surface area contributed by atoms with Gasteiger partial charge in [0.2, 0.25) is 5.91 Å². The van der Waals surface area contributed by atoms with Crippen molar-refractivity contribution in [3.8, 4) is 18.4 Å². The average molecular weight is 529 g/mol. The van der Waals surface area contributed by atoms with Crippen molar-refractivity contribution in [2.45, 2.75) is 44.2 Å². The average Bonchev–Trinajstić information content (AvgIpc) is 3.74. The Bertz CT molecular complexity index is 1370. The van der Waals surface area contributed by atoms with Gasteiger partial charge in [-0.2, -0.15) is 5.26 Å². The van der Waals surface area contributed by atoms with E-state index in [2.05, 4.69) is 32.6 Å². The summed E-state index contributed by atoms with van der Waals surface area (Å²) < 4.78 is 0. The van der Waals surface area contributed by atoms with Crippen LogP contribution in [0.4, 0.5) is 22.1 Å². The van der Waals surface area contributed by atoms with E-state index in [1.54, 1.807) is 18.0 Å². The number of urea groups is 1. The molecule has 202 valence electrons. The number of pyridine rings is 2. The smallest absolute Gasteiger partial charge is 0.328 e. The molecule has 0 radical (unpaired) electrons. The highest BCUT2D eigenvalue weighted by Crippen LogP contribution is 2.42. The number of nitrogens with one attached hydrogen (secondary N) is 2. The predicted molar refractivity (Wildman–Crippen MR) is 147 cm³/mol. The second kappa shape index (κ2) is 11.5. The number of terminal acetylenes is 1.